The molecule has 114 valence electrons. The molecule has 22 heavy (non-hydrogen) atoms. The number of Topliss-reactive ketones (excluding diaryl/α,β-unsaturated/α-hetero) is 1. The van der Waals surface area contributed by atoms with Crippen LogP contribution in [0.5, 0.6) is 0 Å². The topological polar surface area (TPSA) is 72.2 Å². The standard InChI is InChI=1S/C17H18N2O2S/c1-11-3-4-12(2)16(9-11)22-10-15(20)13-5-7-14(8-6-13)19-17(18)21/h3-9H,10H2,1-2H3,(H3,18,19,21). The van der Waals surface area contributed by atoms with Crippen molar-refractivity contribution in [3.8, 4) is 0 Å². The summed E-state index contributed by atoms with van der Waals surface area (Å²) in [5.41, 5.74) is 8.59. The molecule has 2 aromatic rings. The number of benzene rings is 2. The zero-order valence-corrected chi connectivity index (χ0v) is 13.4. The van der Waals surface area contributed by atoms with Crippen LogP contribution in [0.15, 0.2) is 47.4 Å². The van der Waals surface area contributed by atoms with Crippen LogP contribution in [0, 0.1) is 13.8 Å². The highest BCUT2D eigenvalue weighted by Crippen LogP contribution is 2.24. The number of rotatable bonds is 5. The SMILES string of the molecule is Cc1ccc(C)c(SCC(=O)c2ccc(NC(N)=O)cc2)c1. The lowest BCUT2D eigenvalue weighted by Crippen LogP contribution is -2.19. The lowest BCUT2D eigenvalue weighted by atomic mass is 10.1. The molecule has 4 nitrogen and oxygen atoms in total. The molecule has 2 amide bonds. The van der Waals surface area contributed by atoms with Crippen LogP contribution >= 0.6 is 11.8 Å². The van der Waals surface area contributed by atoms with Gasteiger partial charge in [0.05, 0.1) is 5.75 Å². The van der Waals surface area contributed by atoms with Crippen molar-refractivity contribution in [2.45, 2.75) is 18.7 Å². The molecular formula is C17H18N2O2S. The Morgan fingerprint density at radius 3 is 2.41 bits per heavy atom. The minimum atomic E-state index is -0.621. The van der Waals surface area contributed by atoms with Crippen LogP contribution in [0.1, 0.15) is 21.5 Å². The third-order valence-corrected chi connectivity index (χ3v) is 4.33. The number of primary amides is 1. The van der Waals surface area contributed by atoms with Crippen molar-refractivity contribution in [3.05, 3.63) is 59.2 Å². The number of hydrogen-bond acceptors (Lipinski definition) is 3. The number of hydrogen-bond donors (Lipinski definition) is 2. The predicted molar refractivity (Wildman–Crippen MR) is 90.6 cm³/mol. The van der Waals surface area contributed by atoms with Crippen molar-refractivity contribution in [3.63, 3.8) is 0 Å². The minimum absolute atomic E-state index is 0.0523. The van der Waals surface area contributed by atoms with Crippen molar-refractivity contribution in [2.24, 2.45) is 5.73 Å². The first-order valence-corrected chi connectivity index (χ1v) is 7.84. The molecule has 0 saturated carbocycles. The molecule has 0 aromatic heterocycles. The summed E-state index contributed by atoms with van der Waals surface area (Å²) in [5, 5.41) is 2.46. The number of nitrogens with one attached hydrogen (secondary N) is 1. The van der Waals surface area contributed by atoms with Crippen LogP contribution in [0.2, 0.25) is 0 Å². The highest BCUT2D eigenvalue weighted by molar-refractivity contribution is 8.00. The van der Waals surface area contributed by atoms with E-state index < -0.39 is 6.03 Å². The van der Waals surface area contributed by atoms with Gasteiger partial charge in [0.2, 0.25) is 0 Å². The van der Waals surface area contributed by atoms with Crippen LogP contribution in [0.4, 0.5) is 10.5 Å². The van der Waals surface area contributed by atoms with E-state index in [1.54, 1.807) is 24.3 Å². The smallest absolute Gasteiger partial charge is 0.316 e. The van der Waals surface area contributed by atoms with Gasteiger partial charge >= 0.3 is 6.03 Å². The maximum Gasteiger partial charge on any atom is 0.316 e. The molecule has 5 heteroatoms. The van der Waals surface area contributed by atoms with Crippen molar-refractivity contribution in [1.82, 2.24) is 0 Å². The van der Waals surface area contributed by atoms with Crippen LogP contribution < -0.4 is 11.1 Å². The van der Waals surface area contributed by atoms with E-state index in [0.29, 0.717) is 17.0 Å². The average Bonchev–Trinajstić information content (AvgIpc) is 2.48. The van der Waals surface area contributed by atoms with Gasteiger partial charge in [-0.1, -0.05) is 17.7 Å². The molecule has 0 aliphatic rings. The Hall–Kier alpha value is -2.27. The molecule has 0 bridgehead atoms. The molecule has 2 rings (SSSR count). The predicted octanol–water partition coefficient (Wildman–Crippen LogP) is 3.77. The zero-order chi connectivity index (χ0) is 16.1. The van der Waals surface area contributed by atoms with Gasteiger partial charge in [0, 0.05) is 16.1 Å². The Labute approximate surface area is 134 Å². The van der Waals surface area contributed by atoms with Crippen molar-refractivity contribution >= 4 is 29.3 Å². The maximum atomic E-state index is 12.2. The minimum Gasteiger partial charge on any atom is -0.351 e. The second kappa shape index (κ2) is 7.13. The molecule has 0 saturated heterocycles. The Kier molecular flexibility index (Phi) is 5.22. The van der Waals surface area contributed by atoms with Gasteiger partial charge in [0.1, 0.15) is 0 Å². The van der Waals surface area contributed by atoms with E-state index in [0.717, 1.165) is 4.90 Å². The number of carbonyl (C=O) groups is 2. The fourth-order valence-electron chi connectivity index (χ4n) is 1.97. The summed E-state index contributed by atoms with van der Waals surface area (Å²) in [5.74, 6) is 0.434. The average molecular weight is 314 g/mol. The van der Waals surface area contributed by atoms with Crippen LogP contribution in [0.3, 0.4) is 0 Å². The number of nitrogens with two attached hydrogens (primary N) is 1. The first kappa shape index (κ1) is 16.1. The first-order chi connectivity index (χ1) is 10.5. The quantitative estimate of drug-likeness (QED) is 0.652. The Balaban J connectivity index is 2.00. The number of aryl methyl sites for hydroxylation is 2. The lowest BCUT2D eigenvalue weighted by Gasteiger charge is -2.07. The normalized spacial score (nSPS) is 10.3. The third kappa shape index (κ3) is 4.36. The molecule has 0 unspecified atom stereocenters. The van der Waals surface area contributed by atoms with Crippen LogP contribution in [-0.4, -0.2) is 17.6 Å². The first-order valence-electron chi connectivity index (χ1n) is 6.85. The van der Waals surface area contributed by atoms with Crippen LogP contribution in [0.25, 0.3) is 0 Å². The molecule has 0 spiro atoms. The molecule has 3 N–H and O–H groups in total. The van der Waals surface area contributed by atoms with Crippen LogP contribution in [-0.2, 0) is 0 Å². The second-order valence-electron chi connectivity index (χ2n) is 5.05. The van der Waals surface area contributed by atoms with E-state index in [-0.39, 0.29) is 5.78 Å². The second-order valence-corrected chi connectivity index (χ2v) is 6.06. The lowest BCUT2D eigenvalue weighted by molar-refractivity contribution is 0.102. The monoisotopic (exact) mass is 314 g/mol. The van der Waals surface area contributed by atoms with E-state index in [1.807, 2.05) is 13.8 Å². The Morgan fingerprint density at radius 2 is 1.77 bits per heavy atom. The molecule has 2 aromatic carbocycles. The summed E-state index contributed by atoms with van der Waals surface area (Å²) >= 11 is 1.54. The van der Waals surface area contributed by atoms with Gasteiger partial charge in [-0.05, 0) is 49.7 Å². The molecule has 0 aliphatic heterocycles. The Morgan fingerprint density at radius 1 is 1.09 bits per heavy atom. The summed E-state index contributed by atoms with van der Waals surface area (Å²) in [6.45, 7) is 4.08. The van der Waals surface area contributed by atoms with E-state index in [2.05, 4.69) is 23.5 Å². The van der Waals surface area contributed by atoms with Gasteiger partial charge in [-0.25, -0.2) is 4.79 Å². The van der Waals surface area contributed by atoms with Gasteiger partial charge in [-0.15, -0.1) is 11.8 Å². The van der Waals surface area contributed by atoms with E-state index >= 15 is 0 Å². The molecule has 0 atom stereocenters. The van der Waals surface area contributed by atoms with Crippen molar-refractivity contribution < 1.29 is 9.59 Å². The van der Waals surface area contributed by atoms with Gasteiger partial charge in [0.25, 0.3) is 0 Å². The largest absolute Gasteiger partial charge is 0.351 e. The molecule has 0 heterocycles. The van der Waals surface area contributed by atoms with E-state index in [9.17, 15) is 9.59 Å². The van der Waals surface area contributed by atoms with Crippen molar-refractivity contribution in [1.29, 1.82) is 0 Å². The number of carbonyl (C=O) groups excluding carboxylic acids is 2. The number of amides is 2. The van der Waals surface area contributed by atoms with E-state index in [4.69, 9.17) is 5.73 Å². The van der Waals surface area contributed by atoms with Gasteiger partial charge in [0.15, 0.2) is 5.78 Å². The molecule has 0 aliphatic carbocycles. The van der Waals surface area contributed by atoms with E-state index in [1.165, 1.54) is 22.9 Å². The molecule has 0 fully saturated rings. The Bertz CT molecular complexity index is 696. The van der Waals surface area contributed by atoms with Gasteiger partial charge in [-0.3, -0.25) is 4.79 Å². The summed E-state index contributed by atoms with van der Waals surface area (Å²) < 4.78 is 0. The highest BCUT2D eigenvalue weighted by Gasteiger charge is 2.08. The number of thioether (sulfide) groups is 1. The molecule has 0 radical (unpaired) electrons. The van der Waals surface area contributed by atoms with Crippen molar-refractivity contribution in [2.75, 3.05) is 11.1 Å². The fraction of sp³-hybridized carbons (Fsp3) is 0.176. The molecular weight excluding hydrogens is 296 g/mol. The number of anilines is 1. The summed E-state index contributed by atoms with van der Waals surface area (Å²) in [6.07, 6.45) is 0. The number of ketones is 1. The summed E-state index contributed by atoms with van der Waals surface area (Å²) in [7, 11) is 0. The maximum absolute atomic E-state index is 12.2. The summed E-state index contributed by atoms with van der Waals surface area (Å²) in [6, 6.07) is 12.3. The third-order valence-electron chi connectivity index (χ3n) is 3.18. The highest BCUT2D eigenvalue weighted by atomic mass is 32.2. The fourth-order valence-corrected chi connectivity index (χ4v) is 2.99. The zero-order valence-electron chi connectivity index (χ0n) is 12.6. The number of urea groups is 1. The summed E-state index contributed by atoms with van der Waals surface area (Å²) in [4.78, 5) is 24.1. The van der Waals surface area contributed by atoms with Gasteiger partial charge in [-0.2, -0.15) is 0 Å². The van der Waals surface area contributed by atoms with Gasteiger partial charge < -0.3 is 11.1 Å².